The highest BCUT2D eigenvalue weighted by Gasteiger charge is 2.17. The van der Waals surface area contributed by atoms with Gasteiger partial charge in [0.2, 0.25) is 0 Å². The Balaban J connectivity index is 1.85. The van der Waals surface area contributed by atoms with Gasteiger partial charge in [0.1, 0.15) is 5.75 Å². The van der Waals surface area contributed by atoms with Gasteiger partial charge < -0.3 is 15.2 Å². The second kappa shape index (κ2) is 5.85. The largest absolute Gasteiger partial charge is 0.493 e. The Morgan fingerprint density at radius 2 is 2.10 bits per heavy atom. The molecule has 0 fully saturated rings. The number of anilines is 1. The maximum absolute atomic E-state index is 9.67. The third kappa shape index (κ3) is 2.67. The summed E-state index contributed by atoms with van der Waals surface area (Å²) in [5.41, 5.74) is 3.27. The van der Waals surface area contributed by atoms with E-state index in [0.29, 0.717) is 0 Å². The average molecular weight is 334 g/mol. The maximum Gasteiger partial charge on any atom is 0.122 e. The molecule has 104 valence electrons. The number of para-hydroxylation sites is 1. The molecule has 3 rings (SSSR count). The van der Waals surface area contributed by atoms with E-state index in [1.807, 2.05) is 36.4 Å². The molecule has 1 aliphatic rings. The highest BCUT2D eigenvalue weighted by Crippen LogP contribution is 2.31. The van der Waals surface area contributed by atoms with Crippen molar-refractivity contribution in [2.24, 2.45) is 0 Å². The van der Waals surface area contributed by atoms with Crippen LogP contribution in [0.25, 0.3) is 0 Å². The number of aliphatic hydroxyl groups excluding tert-OH is 1. The number of halogens is 1. The summed E-state index contributed by atoms with van der Waals surface area (Å²) in [5.74, 6) is 0.964. The Labute approximate surface area is 126 Å². The second-order valence-electron chi connectivity index (χ2n) is 4.82. The fraction of sp³-hybridized carbons (Fsp3) is 0.250. The topological polar surface area (TPSA) is 41.5 Å². The molecule has 2 N–H and O–H groups in total. The molecule has 1 aliphatic heterocycles. The standard InChI is InChI=1S/C16H16BrNO2/c17-13-3-1-2-4-14(13)18-15(10-19)11-5-6-16-12(9-11)7-8-20-16/h1-6,9,15,18-19H,7-8,10H2. The first-order valence-corrected chi connectivity index (χ1v) is 7.45. The zero-order valence-electron chi connectivity index (χ0n) is 11.0. The van der Waals surface area contributed by atoms with Gasteiger partial charge in [-0.2, -0.15) is 0 Å². The van der Waals surface area contributed by atoms with E-state index in [-0.39, 0.29) is 12.6 Å². The minimum absolute atomic E-state index is 0.0426. The van der Waals surface area contributed by atoms with Crippen molar-refractivity contribution in [2.45, 2.75) is 12.5 Å². The normalized spacial score (nSPS) is 14.5. The number of ether oxygens (including phenoxy) is 1. The van der Waals surface area contributed by atoms with Crippen LogP contribution in [0.1, 0.15) is 17.2 Å². The minimum Gasteiger partial charge on any atom is -0.493 e. The summed E-state index contributed by atoms with van der Waals surface area (Å²) < 4.78 is 6.50. The number of hydrogen-bond acceptors (Lipinski definition) is 3. The van der Waals surface area contributed by atoms with Gasteiger partial charge in [-0.3, -0.25) is 0 Å². The Morgan fingerprint density at radius 1 is 1.25 bits per heavy atom. The lowest BCUT2D eigenvalue weighted by atomic mass is 10.0. The van der Waals surface area contributed by atoms with Gasteiger partial charge in [0, 0.05) is 16.6 Å². The van der Waals surface area contributed by atoms with Gasteiger partial charge in [-0.15, -0.1) is 0 Å². The molecule has 1 atom stereocenters. The smallest absolute Gasteiger partial charge is 0.122 e. The van der Waals surface area contributed by atoms with E-state index in [1.165, 1.54) is 5.56 Å². The first-order valence-electron chi connectivity index (χ1n) is 6.65. The van der Waals surface area contributed by atoms with E-state index in [2.05, 4.69) is 27.3 Å². The lowest BCUT2D eigenvalue weighted by molar-refractivity contribution is 0.276. The Kier molecular flexibility index (Phi) is 3.94. The van der Waals surface area contributed by atoms with Gasteiger partial charge in [0.15, 0.2) is 0 Å². The molecule has 2 aromatic rings. The average Bonchev–Trinajstić information content (AvgIpc) is 2.94. The van der Waals surface area contributed by atoms with Crippen molar-refractivity contribution >= 4 is 21.6 Å². The van der Waals surface area contributed by atoms with Crippen LogP contribution < -0.4 is 10.1 Å². The van der Waals surface area contributed by atoms with Gasteiger partial charge in [0.25, 0.3) is 0 Å². The summed E-state index contributed by atoms with van der Waals surface area (Å²) in [5, 5.41) is 13.0. The fourth-order valence-electron chi connectivity index (χ4n) is 2.42. The van der Waals surface area contributed by atoms with Gasteiger partial charge in [-0.1, -0.05) is 18.2 Å². The number of rotatable bonds is 4. The third-order valence-corrected chi connectivity index (χ3v) is 4.19. The van der Waals surface area contributed by atoms with Crippen molar-refractivity contribution in [1.82, 2.24) is 0 Å². The van der Waals surface area contributed by atoms with Crippen molar-refractivity contribution in [3.8, 4) is 5.75 Å². The molecule has 0 saturated heterocycles. The van der Waals surface area contributed by atoms with Crippen molar-refractivity contribution in [1.29, 1.82) is 0 Å². The van der Waals surface area contributed by atoms with Crippen molar-refractivity contribution in [2.75, 3.05) is 18.5 Å². The van der Waals surface area contributed by atoms with Crippen LogP contribution in [0, 0.1) is 0 Å². The molecule has 2 aromatic carbocycles. The van der Waals surface area contributed by atoms with E-state index in [9.17, 15) is 5.11 Å². The Bertz CT molecular complexity index is 615. The summed E-state index contributed by atoms with van der Waals surface area (Å²) in [6, 6.07) is 13.9. The van der Waals surface area contributed by atoms with Gasteiger partial charge >= 0.3 is 0 Å². The van der Waals surface area contributed by atoms with Crippen LogP contribution in [-0.2, 0) is 6.42 Å². The quantitative estimate of drug-likeness (QED) is 0.899. The summed E-state index contributed by atoms with van der Waals surface area (Å²) in [6.07, 6.45) is 0.941. The second-order valence-corrected chi connectivity index (χ2v) is 5.68. The molecule has 0 saturated carbocycles. The number of fused-ring (bicyclic) bond motifs is 1. The molecule has 1 heterocycles. The molecule has 3 nitrogen and oxygen atoms in total. The predicted octanol–water partition coefficient (Wildman–Crippen LogP) is 3.53. The zero-order valence-corrected chi connectivity index (χ0v) is 12.6. The molecule has 0 aliphatic carbocycles. The van der Waals surface area contributed by atoms with E-state index < -0.39 is 0 Å². The Hall–Kier alpha value is -1.52. The zero-order chi connectivity index (χ0) is 13.9. The third-order valence-electron chi connectivity index (χ3n) is 3.50. The van der Waals surface area contributed by atoms with Crippen molar-refractivity contribution < 1.29 is 9.84 Å². The first-order chi connectivity index (χ1) is 9.78. The summed E-state index contributed by atoms with van der Waals surface area (Å²) >= 11 is 3.51. The van der Waals surface area contributed by atoms with Crippen LogP contribution in [0.5, 0.6) is 5.75 Å². The lowest BCUT2D eigenvalue weighted by Crippen LogP contribution is -2.15. The number of nitrogens with one attached hydrogen (secondary N) is 1. The van der Waals surface area contributed by atoms with Gasteiger partial charge in [-0.05, 0) is 51.3 Å². The fourth-order valence-corrected chi connectivity index (χ4v) is 2.82. The van der Waals surface area contributed by atoms with Crippen LogP contribution in [0.3, 0.4) is 0 Å². The van der Waals surface area contributed by atoms with Crippen LogP contribution in [0.15, 0.2) is 46.9 Å². The van der Waals surface area contributed by atoms with Crippen LogP contribution in [0.2, 0.25) is 0 Å². The number of benzene rings is 2. The molecule has 1 unspecified atom stereocenters. The van der Waals surface area contributed by atoms with Gasteiger partial charge in [0.05, 0.1) is 19.3 Å². The summed E-state index contributed by atoms with van der Waals surface area (Å²) in [7, 11) is 0. The highest BCUT2D eigenvalue weighted by atomic mass is 79.9. The molecular formula is C16H16BrNO2. The first kappa shape index (κ1) is 13.5. The van der Waals surface area contributed by atoms with Crippen LogP contribution >= 0.6 is 15.9 Å². The number of aliphatic hydroxyl groups is 1. The molecule has 0 spiro atoms. The molecule has 0 aromatic heterocycles. The molecule has 4 heteroatoms. The molecule has 0 amide bonds. The minimum atomic E-state index is -0.125. The van der Waals surface area contributed by atoms with Crippen molar-refractivity contribution in [3.05, 3.63) is 58.1 Å². The molecule has 0 bridgehead atoms. The lowest BCUT2D eigenvalue weighted by Gasteiger charge is -2.19. The highest BCUT2D eigenvalue weighted by molar-refractivity contribution is 9.10. The summed E-state index contributed by atoms with van der Waals surface area (Å²) in [6.45, 7) is 0.793. The maximum atomic E-state index is 9.67. The van der Waals surface area contributed by atoms with Crippen LogP contribution in [0.4, 0.5) is 5.69 Å². The van der Waals surface area contributed by atoms with E-state index in [1.54, 1.807) is 0 Å². The van der Waals surface area contributed by atoms with Crippen LogP contribution in [-0.4, -0.2) is 18.3 Å². The Morgan fingerprint density at radius 3 is 2.90 bits per heavy atom. The van der Waals surface area contributed by atoms with E-state index >= 15 is 0 Å². The summed E-state index contributed by atoms with van der Waals surface area (Å²) in [4.78, 5) is 0. The SMILES string of the molecule is OCC(Nc1ccccc1Br)c1ccc2c(c1)CCO2. The van der Waals surface area contributed by atoms with E-state index in [4.69, 9.17) is 4.74 Å². The molecular weight excluding hydrogens is 318 g/mol. The molecule has 0 radical (unpaired) electrons. The van der Waals surface area contributed by atoms with Gasteiger partial charge in [-0.25, -0.2) is 0 Å². The monoisotopic (exact) mass is 333 g/mol. The molecule has 20 heavy (non-hydrogen) atoms. The van der Waals surface area contributed by atoms with E-state index in [0.717, 1.165) is 34.5 Å². The number of hydrogen-bond donors (Lipinski definition) is 2. The predicted molar refractivity (Wildman–Crippen MR) is 83.2 cm³/mol. The van der Waals surface area contributed by atoms with Crippen molar-refractivity contribution in [3.63, 3.8) is 0 Å².